The molecule has 3 rings (SSSR count). The molecule has 28 heavy (non-hydrogen) atoms. The Hall–Kier alpha value is -2.50. The molecule has 0 fully saturated rings. The zero-order valence-electron chi connectivity index (χ0n) is 16.1. The van der Waals surface area contributed by atoms with Crippen molar-refractivity contribution >= 4 is 29.9 Å². The molecule has 10 heteroatoms. The van der Waals surface area contributed by atoms with E-state index in [9.17, 15) is 0 Å². The molecule has 9 nitrogen and oxygen atoms in total. The zero-order chi connectivity index (χ0) is 18.9. The van der Waals surface area contributed by atoms with Crippen LogP contribution in [0.5, 0.6) is 0 Å². The first kappa shape index (κ1) is 21.8. The number of H-pyrrole nitrogens is 1. The van der Waals surface area contributed by atoms with Gasteiger partial charge >= 0.3 is 0 Å². The Morgan fingerprint density at radius 1 is 1.25 bits per heavy atom. The fourth-order valence-electron chi connectivity index (χ4n) is 2.71. The minimum atomic E-state index is 0. The predicted octanol–water partition coefficient (Wildman–Crippen LogP) is 2.00. The Morgan fingerprint density at radius 3 is 2.89 bits per heavy atom. The van der Waals surface area contributed by atoms with Crippen LogP contribution in [0.4, 0.5) is 0 Å². The van der Waals surface area contributed by atoms with Crippen LogP contribution in [0.25, 0.3) is 11.4 Å². The highest BCUT2D eigenvalue weighted by molar-refractivity contribution is 14.0. The Kier molecular flexibility index (Phi) is 8.85. The molecule has 0 unspecified atom stereocenters. The fourth-order valence-corrected chi connectivity index (χ4v) is 2.71. The summed E-state index contributed by atoms with van der Waals surface area (Å²) < 4.78 is 2.05. The molecule has 0 saturated heterocycles. The minimum Gasteiger partial charge on any atom is -0.357 e. The third-order valence-corrected chi connectivity index (χ3v) is 4.04. The molecule has 0 spiro atoms. The molecule has 2 heterocycles. The van der Waals surface area contributed by atoms with Crippen LogP contribution in [-0.4, -0.2) is 49.0 Å². The maximum absolute atomic E-state index is 4.68. The van der Waals surface area contributed by atoms with Crippen LogP contribution in [0.3, 0.4) is 0 Å². The van der Waals surface area contributed by atoms with E-state index < -0.39 is 0 Å². The molecule has 0 bridgehead atoms. The number of nitrogens with zero attached hydrogens (tertiary/aromatic N) is 6. The number of aliphatic imine (C=N–C) groups is 1. The SMILES string of the molecule is CCNC(=NCc1cccc(-c2ncn[nH]2)c1)NCCn1cnnc1CC.I. The number of benzene rings is 1. The van der Waals surface area contributed by atoms with E-state index in [0.717, 1.165) is 54.8 Å². The first-order valence-electron chi connectivity index (χ1n) is 9.13. The molecule has 0 aliphatic carbocycles. The number of aryl methyl sites for hydroxylation is 1. The number of aromatic nitrogens is 6. The predicted molar refractivity (Wildman–Crippen MR) is 119 cm³/mol. The van der Waals surface area contributed by atoms with Crippen LogP contribution in [0.2, 0.25) is 0 Å². The molecule has 1 aromatic carbocycles. The van der Waals surface area contributed by atoms with E-state index in [0.29, 0.717) is 6.54 Å². The minimum absolute atomic E-state index is 0. The van der Waals surface area contributed by atoms with Crippen molar-refractivity contribution in [2.45, 2.75) is 33.4 Å². The van der Waals surface area contributed by atoms with Crippen molar-refractivity contribution in [3.63, 3.8) is 0 Å². The van der Waals surface area contributed by atoms with Gasteiger partial charge in [0.05, 0.1) is 6.54 Å². The molecule has 150 valence electrons. The number of aromatic amines is 1. The van der Waals surface area contributed by atoms with Gasteiger partial charge in [0, 0.05) is 31.6 Å². The van der Waals surface area contributed by atoms with Crippen molar-refractivity contribution in [2.75, 3.05) is 13.1 Å². The third kappa shape index (κ3) is 6.01. The van der Waals surface area contributed by atoms with E-state index in [1.165, 1.54) is 6.33 Å². The monoisotopic (exact) mass is 495 g/mol. The van der Waals surface area contributed by atoms with Gasteiger partial charge in [-0.2, -0.15) is 5.10 Å². The first-order valence-corrected chi connectivity index (χ1v) is 9.13. The summed E-state index contributed by atoms with van der Waals surface area (Å²) in [4.78, 5) is 8.87. The van der Waals surface area contributed by atoms with E-state index in [2.05, 4.69) is 71.6 Å². The van der Waals surface area contributed by atoms with E-state index in [4.69, 9.17) is 0 Å². The topological polar surface area (TPSA) is 109 Å². The number of hydrogen-bond donors (Lipinski definition) is 3. The molecule has 0 saturated carbocycles. The van der Waals surface area contributed by atoms with Gasteiger partial charge in [0.2, 0.25) is 0 Å². The summed E-state index contributed by atoms with van der Waals surface area (Å²) in [5, 5.41) is 21.5. The number of rotatable bonds is 8. The molecular weight excluding hydrogens is 469 g/mol. The standard InChI is InChI=1S/C18H25N9.HI/c1-3-16-25-24-13-27(16)9-8-20-18(19-4-2)21-11-14-6-5-7-15(10-14)17-22-12-23-26-17;/h5-7,10,12-13H,3-4,8-9,11H2,1-2H3,(H2,19,20,21)(H,22,23,26);1H. The van der Waals surface area contributed by atoms with Gasteiger partial charge in [-0.25, -0.2) is 9.98 Å². The molecule has 2 aromatic heterocycles. The van der Waals surface area contributed by atoms with Gasteiger partial charge in [0.15, 0.2) is 11.8 Å². The van der Waals surface area contributed by atoms with Gasteiger partial charge in [-0.3, -0.25) is 5.10 Å². The van der Waals surface area contributed by atoms with Gasteiger partial charge in [-0.1, -0.05) is 25.1 Å². The lowest BCUT2D eigenvalue weighted by Gasteiger charge is -2.12. The van der Waals surface area contributed by atoms with E-state index in [1.54, 1.807) is 6.33 Å². The van der Waals surface area contributed by atoms with Crippen LogP contribution in [0.1, 0.15) is 25.2 Å². The second-order valence-corrected chi connectivity index (χ2v) is 5.95. The average Bonchev–Trinajstić information content (AvgIpc) is 3.38. The second-order valence-electron chi connectivity index (χ2n) is 5.95. The van der Waals surface area contributed by atoms with Gasteiger partial charge in [-0.15, -0.1) is 34.2 Å². The first-order chi connectivity index (χ1) is 13.3. The van der Waals surface area contributed by atoms with E-state index >= 15 is 0 Å². The summed E-state index contributed by atoms with van der Waals surface area (Å²) in [6, 6.07) is 8.12. The van der Waals surface area contributed by atoms with Crippen molar-refractivity contribution in [1.82, 2.24) is 40.6 Å². The number of halogens is 1. The maximum atomic E-state index is 4.68. The van der Waals surface area contributed by atoms with E-state index in [-0.39, 0.29) is 24.0 Å². The summed E-state index contributed by atoms with van der Waals surface area (Å²) in [6.07, 6.45) is 4.14. The highest BCUT2D eigenvalue weighted by Gasteiger charge is 2.04. The van der Waals surface area contributed by atoms with Crippen molar-refractivity contribution in [3.8, 4) is 11.4 Å². The van der Waals surface area contributed by atoms with Crippen LogP contribution in [0, 0.1) is 0 Å². The molecule has 0 atom stereocenters. The van der Waals surface area contributed by atoms with Crippen LogP contribution in [-0.2, 0) is 19.5 Å². The normalized spacial score (nSPS) is 11.1. The van der Waals surface area contributed by atoms with E-state index in [1.807, 2.05) is 12.1 Å². The maximum Gasteiger partial charge on any atom is 0.191 e. The van der Waals surface area contributed by atoms with Gasteiger partial charge in [-0.05, 0) is 18.6 Å². The Morgan fingerprint density at radius 2 is 2.14 bits per heavy atom. The lowest BCUT2D eigenvalue weighted by molar-refractivity contribution is 0.632. The molecule has 0 aliphatic heterocycles. The van der Waals surface area contributed by atoms with Crippen LogP contribution >= 0.6 is 24.0 Å². The number of guanidine groups is 1. The number of nitrogens with one attached hydrogen (secondary N) is 3. The second kappa shape index (κ2) is 11.4. The molecule has 0 radical (unpaired) electrons. The highest BCUT2D eigenvalue weighted by atomic mass is 127. The molecule has 3 N–H and O–H groups in total. The summed E-state index contributed by atoms with van der Waals surface area (Å²) in [6.45, 7) is 7.04. The molecule has 0 amide bonds. The van der Waals surface area contributed by atoms with Crippen LogP contribution in [0.15, 0.2) is 41.9 Å². The summed E-state index contributed by atoms with van der Waals surface area (Å²) in [5.74, 6) is 2.53. The van der Waals surface area contributed by atoms with Gasteiger partial charge < -0.3 is 15.2 Å². The van der Waals surface area contributed by atoms with Crippen molar-refractivity contribution < 1.29 is 0 Å². The number of hydrogen-bond acceptors (Lipinski definition) is 5. The molecule has 0 aliphatic rings. The smallest absolute Gasteiger partial charge is 0.191 e. The van der Waals surface area contributed by atoms with Gasteiger partial charge in [0.25, 0.3) is 0 Å². The van der Waals surface area contributed by atoms with Gasteiger partial charge in [0.1, 0.15) is 18.5 Å². The van der Waals surface area contributed by atoms with Crippen molar-refractivity contribution in [2.24, 2.45) is 4.99 Å². The van der Waals surface area contributed by atoms with Crippen molar-refractivity contribution in [3.05, 3.63) is 48.3 Å². The van der Waals surface area contributed by atoms with Crippen LogP contribution < -0.4 is 10.6 Å². The summed E-state index contributed by atoms with van der Waals surface area (Å²) in [5.41, 5.74) is 2.10. The molecule has 3 aromatic rings. The average molecular weight is 495 g/mol. The lowest BCUT2D eigenvalue weighted by Crippen LogP contribution is -2.38. The quantitative estimate of drug-likeness (QED) is 0.251. The molecular formula is C18H26IN9. The van der Waals surface area contributed by atoms with Crippen molar-refractivity contribution in [1.29, 1.82) is 0 Å². The highest BCUT2D eigenvalue weighted by Crippen LogP contribution is 2.15. The largest absolute Gasteiger partial charge is 0.357 e. The zero-order valence-corrected chi connectivity index (χ0v) is 18.4. The third-order valence-electron chi connectivity index (χ3n) is 4.04. The Labute approximate surface area is 181 Å². The fraction of sp³-hybridized carbons (Fsp3) is 0.389. The summed E-state index contributed by atoms with van der Waals surface area (Å²) >= 11 is 0. The summed E-state index contributed by atoms with van der Waals surface area (Å²) in [7, 11) is 0. The lowest BCUT2D eigenvalue weighted by atomic mass is 10.1. The Balaban J connectivity index is 0.00000280. The Bertz CT molecular complexity index is 858.